The summed E-state index contributed by atoms with van der Waals surface area (Å²) in [5, 5.41) is 4.90. The second kappa shape index (κ2) is 7.75. The summed E-state index contributed by atoms with van der Waals surface area (Å²) in [5.41, 5.74) is 2.13. The molecule has 0 aliphatic heterocycles. The van der Waals surface area contributed by atoms with Gasteiger partial charge in [0, 0.05) is 24.0 Å². The van der Waals surface area contributed by atoms with Crippen molar-refractivity contribution in [2.75, 3.05) is 6.54 Å². The molecule has 0 aliphatic carbocycles. The molecule has 0 spiro atoms. The molecule has 3 rings (SSSR count). The third-order valence-corrected chi connectivity index (χ3v) is 6.04. The van der Waals surface area contributed by atoms with E-state index >= 15 is 0 Å². The van der Waals surface area contributed by atoms with Gasteiger partial charge in [0.15, 0.2) is 0 Å². The highest BCUT2D eigenvalue weighted by Crippen LogP contribution is 2.28. The van der Waals surface area contributed by atoms with Crippen LogP contribution >= 0.6 is 23.2 Å². The number of nitrogens with zero attached hydrogens (tertiary/aromatic N) is 3. The fourth-order valence-corrected chi connectivity index (χ4v) is 4.20. The van der Waals surface area contributed by atoms with Gasteiger partial charge in [-0.05, 0) is 42.8 Å². The molecule has 1 aromatic carbocycles. The Labute approximate surface area is 161 Å². The van der Waals surface area contributed by atoms with Crippen LogP contribution in [0.15, 0.2) is 53.7 Å². The highest BCUT2D eigenvalue weighted by Gasteiger charge is 2.19. The summed E-state index contributed by atoms with van der Waals surface area (Å²) in [6, 6.07) is 10.3. The third-order valence-electron chi connectivity index (χ3n) is 3.70. The number of rotatable bonds is 6. The van der Waals surface area contributed by atoms with Crippen LogP contribution in [0.4, 0.5) is 0 Å². The minimum absolute atomic E-state index is 0.00991. The van der Waals surface area contributed by atoms with Crippen LogP contribution in [-0.4, -0.2) is 29.7 Å². The summed E-state index contributed by atoms with van der Waals surface area (Å²) in [6.45, 7) is 2.26. The van der Waals surface area contributed by atoms with Gasteiger partial charge in [0.25, 0.3) is 0 Å². The molecule has 2 heterocycles. The number of sulfonamides is 1. The molecule has 0 radical (unpaired) electrons. The van der Waals surface area contributed by atoms with Gasteiger partial charge >= 0.3 is 0 Å². The van der Waals surface area contributed by atoms with Gasteiger partial charge in [-0.1, -0.05) is 29.3 Å². The predicted octanol–water partition coefficient (Wildman–Crippen LogP) is 3.54. The normalized spacial score (nSPS) is 11.7. The number of hydrogen-bond donors (Lipinski definition) is 1. The average Bonchev–Trinajstić information content (AvgIpc) is 3.07. The zero-order chi connectivity index (χ0) is 18.7. The van der Waals surface area contributed by atoms with Gasteiger partial charge in [0.1, 0.15) is 10.6 Å². The Kier molecular flexibility index (Phi) is 5.62. The summed E-state index contributed by atoms with van der Waals surface area (Å²) in [5.74, 6) is 0. The lowest BCUT2D eigenvalue weighted by atomic mass is 10.2. The highest BCUT2D eigenvalue weighted by atomic mass is 35.5. The first-order valence-electron chi connectivity index (χ1n) is 7.77. The van der Waals surface area contributed by atoms with E-state index in [-0.39, 0.29) is 16.5 Å². The van der Waals surface area contributed by atoms with Crippen molar-refractivity contribution < 1.29 is 8.42 Å². The van der Waals surface area contributed by atoms with Crippen LogP contribution in [0.5, 0.6) is 0 Å². The van der Waals surface area contributed by atoms with Gasteiger partial charge < -0.3 is 0 Å². The van der Waals surface area contributed by atoms with E-state index in [9.17, 15) is 8.42 Å². The number of aryl methyl sites for hydroxylation is 1. The van der Waals surface area contributed by atoms with E-state index in [2.05, 4.69) is 14.8 Å². The van der Waals surface area contributed by atoms with Crippen molar-refractivity contribution in [3.8, 4) is 11.4 Å². The van der Waals surface area contributed by atoms with E-state index < -0.39 is 10.0 Å². The Bertz CT molecular complexity index is 1020. The fourth-order valence-electron chi connectivity index (χ4n) is 2.35. The van der Waals surface area contributed by atoms with E-state index in [4.69, 9.17) is 23.2 Å². The minimum atomic E-state index is -3.74. The van der Waals surface area contributed by atoms with Crippen LogP contribution < -0.4 is 4.72 Å². The number of halogens is 2. The lowest BCUT2D eigenvalue weighted by molar-refractivity contribution is 0.561. The molecule has 0 fully saturated rings. The molecule has 1 N–H and O–H groups in total. The van der Waals surface area contributed by atoms with Gasteiger partial charge in [-0.3, -0.25) is 9.67 Å². The minimum Gasteiger partial charge on any atom is -0.271 e. The molecule has 0 aliphatic rings. The number of benzene rings is 1. The van der Waals surface area contributed by atoms with Gasteiger partial charge in [0.2, 0.25) is 10.0 Å². The molecule has 9 heteroatoms. The van der Waals surface area contributed by atoms with E-state index in [0.717, 1.165) is 11.4 Å². The SMILES string of the molecule is Cc1cc(S(=O)(=O)NCCn2ccc(-c3ccccn3)n2)c(Cl)cc1Cl. The predicted molar refractivity (Wildman–Crippen MR) is 102 cm³/mol. The smallest absolute Gasteiger partial charge is 0.242 e. The van der Waals surface area contributed by atoms with Gasteiger partial charge in [-0.15, -0.1) is 0 Å². The molecule has 136 valence electrons. The summed E-state index contributed by atoms with van der Waals surface area (Å²) in [7, 11) is -3.74. The number of nitrogens with one attached hydrogen (secondary N) is 1. The van der Waals surface area contributed by atoms with E-state index in [1.165, 1.54) is 12.1 Å². The van der Waals surface area contributed by atoms with Crippen LogP contribution in [0.25, 0.3) is 11.4 Å². The Morgan fingerprint density at radius 1 is 1.12 bits per heavy atom. The molecule has 0 bridgehead atoms. The van der Waals surface area contributed by atoms with Crippen molar-refractivity contribution in [2.45, 2.75) is 18.4 Å². The first kappa shape index (κ1) is 18.8. The summed E-state index contributed by atoms with van der Waals surface area (Å²) >= 11 is 12.0. The summed E-state index contributed by atoms with van der Waals surface area (Å²) in [6.07, 6.45) is 3.47. The largest absolute Gasteiger partial charge is 0.271 e. The van der Waals surface area contributed by atoms with Crippen molar-refractivity contribution >= 4 is 33.2 Å². The first-order valence-corrected chi connectivity index (χ1v) is 10.0. The van der Waals surface area contributed by atoms with Crippen LogP contribution in [0, 0.1) is 6.92 Å². The first-order chi connectivity index (χ1) is 12.4. The molecule has 0 amide bonds. The van der Waals surface area contributed by atoms with Crippen molar-refractivity contribution in [1.82, 2.24) is 19.5 Å². The molecule has 6 nitrogen and oxygen atoms in total. The Hall–Kier alpha value is -1.93. The van der Waals surface area contributed by atoms with Crippen molar-refractivity contribution in [1.29, 1.82) is 0 Å². The number of aromatic nitrogens is 3. The Morgan fingerprint density at radius 3 is 2.65 bits per heavy atom. The Balaban J connectivity index is 1.66. The van der Waals surface area contributed by atoms with Gasteiger partial charge in [-0.2, -0.15) is 5.10 Å². The maximum atomic E-state index is 12.5. The monoisotopic (exact) mass is 410 g/mol. The van der Waals surface area contributed by atoms with Crippen molar-refractivity contribution in [3.05, 3.63) is 64.4 Å². The molecular weight excluding hydrogens is 395 g/mol. The quantitative estimate of drug-likeness (QED) is 0.673. The average molecular weight is 411 g/mol. The van der Waals surface area contributed by atoms with Crippen LogP contribution in [0.2, 0.25) is 10.0 Å². The maximum Gasteiger partial charge on any atom is 0.242 e. The van der Waals surface area contributed by atoms with E-state index in [0.29, 0.717) is 17.1 Å². The van der Waals surface area contributed by atoms with E-state index in [1.54, 1.807) is 24.0 Å². The second-order valence-electron chi connectivity index (χ2n) is 5.61. The summed E-state index contributed by atoms with van der Waals surface area (Å²) in [4.78, 5) is 4.24. The number of hydrogen-bond acceptors (Lipinski definition) is 4. The van der Waals surface area contributed by atoms with Gasteiger partial charge in [0.05, 0.1) is 17.3 Å². The molecule has 2 aromatic heterocycles. The molecule has 3 aromatic rings. The van der Waals surface area contributed by atoms with Crippen LogP contribution in [0.1, 0.15) is 5.56 Å². The highest BCUT2D eigenvalue weighted by molar-refractivity contribution is 7.89. The standard InChI is InChI=1S/C17H16Cl2N4O2S/c1-12-10-17(14(19)11-13(12)18)26(24,25)21-7-9-23-8-5-16(22-23)15-4-2-3-6-20-15/h2-6,8,10-11,21H,7,9H2,1H3. The third kappa shape index (κ3) is 4.24. The summed E-state index contributed by atoms with van der Waals surface area (Å²) < 4.78 is 29.1. The molecule has 26 heavy (non-hydrogen) atoms. The molecule has 0 unspecified atom stereocenters. The molecule has 0 saturated carbocycles. The van der Waals surface area contributed by atoms with Gasteiger partial charge in [-0.25, -0.2) is 13.1 Å². The molecular formula is C17H16Cl2N4O2S. The fraction of sp³-hybridized carbons (Fsp3) is 0.176. The number of pyridine rings is 1. The van der Waals surface area contributed by atoms with E-state index in [1.807, 2.05) is 24.3 Å². The van der Waals surface area contributed by atoms with Crippen molar-refractivity contribution in [3.63, 3.8) is 0 Å². The maximum absolute atomic E-state index is 12.5. The second-order valence-corrected chi connectivity index (χ2v) is 8.16. The lowest BCUT2D eigenvalue weighted by Crippen LogP contribution is -2.28. The molecule has 0 saturated heterocycles. The lowest BCUT2D eigenvalue weighted by Gasteiger charge is -2.10. The van der Waals surface area contributed by atoms with Crippen LogP contribution in [-0.2, 0) is 16.6 Å². The zero-order valence-electron chi connectivity index (χ0n) is 13.9. The Morgan fingerprint density at radius 2 is 1.92 bits per heavy atom. The topological polar surface area (TPSA) is 76.9 Å². The molecule has 0 atom stereocenters. The van der Waals surface area contributed by atoms with Crippen molar-refractivity contribution in [2.24, 2.45) is 0 Å². The van der Waals surface area contributed by atoms with Crippen LogP contribution in [0.3, 0.4) is 0 Å². The zero-order valence-corrected chi connectivity index (χ0v) is 16.2.